The first-order valence-electron chi connectivity index (χ1n) is 5.62. The third-order valence-electron chi connectivity index (χ3n) is 2.78. The molecule has 2 N–H and O–H groups in total. The maximum atomic E-state index is 12.9. The molecule has 102 valence electrons. The summed E-state index contributed by atoms with van der Waals surface area (Å²) in [6.07, 6.45) is 0. The number of rotatable bonds is 2. The zero-order valence-corrected chi connectivity index (χ0v) is 10.3. The van der Waals surface area contributed by atoms with Crippen LogP contribution in [0.3, 0.4) is 0 Å². The smallest absolute Gasteiger partial charge is 0.337 e. The first-order chi connectivity index (χ1) is 9.60. The third-order valence-corrected chi connectivity index (χ3v) is 2.78. The fraction of sp³-hybridized carbons (Fsp3) is 0.0833. The Labute approximate surface area is 111 Å². The molecule has 0 radical (unpaired) electrons. The van der Waals surface area contributed by atoms with Gasteiger partial charge in [-0.25, -0.2) is 4.39 Å². The lowest BCUT2D eigenvalue weighted by molar-refractivity contribution is 0.375. The Balaban J connectivity index is 2.30. The van der Waals surface area contributed by atoms with Gasteiger partial charge in [-0.1, -0.05) is 12.1 Å². The van der Waals surface area contributed by atoms with Crippen LogP contribution in [0, 0.1) is 5.82 Å². The van der Waals surface area contributed by atoms with Crippen molar-refractivity contribution >= 4 is 5.78 Å². The molecule has 1 aromatic carbocycles. The van der Waals surface area contributed by atoms with Crippen molar-refractivity contribution in [2.45, 2.75) is 0 Å². The van der Waals surface area contributed by atoms with Crippen molar-refractivity contribution in [2.24, 2.45) is 0 Å². The topological polar surface area (TPSA) is 92.5 Å². The SMILES string of the molecule is COc1nc2[nH]c(=O)c(-c3ccc(F)cc3)c(O)n2n1. The lowest BCUT2D eigenvalue weighted by Gasteiger charge is -2.04. The number of fused-ring (bicyclic) bond motifs is 1. The molecule has 2 heterocycles. The second-order valence-corrected chi connectivity index (χ2v) is 3.99. The van der Waals surface area contributed by atoms with Crippen molar-refractivity contribution in [1.29, 1.82) is 0 Å². The van der Waals surface area contributed by atoms with Gasteiger partial charge in [0.25, 0.3) is 5.56 Å². The molecule has 3 aromatic rings. The molecular weight excluding hydrogens is 267 g/mol. The molecule has 8 heteroatoms. The van der Waals surface area contributed by atoms with Crippen LogP contribution in [0.25, 0.3) is 16.9 Å². The molecule has 0 amide bonds. The minimum atomic E-state index is -0.559. The molecule has 0 aliphatic heterocycles. The summed E-state index contributed by atoms with van der Waals surface area (Å²) in [6, 6.07) is 5.17. The lowest BCUT2D eigenvalue weighted by Crippen LogP contribution is -2.12. The largest absolute Gasteiger partial charge is 0.493 e. The summed E-state index contributed by atoms with van der Waals surface area (Å²) >= 11 is 0. The molecule has 7 nitrogen and oxygen atoms in total. The van der Waals surface area contributed by atoms with Crippen LogP contribution < -0.4 is 10.3 Å². The van der Waals surface area contributed by atoms with Gasteiger partial charge in [-0.05, 0) is 17.7 Å². The molecule has 20 heavy (non-hydrogen) atoms. The molecule has 0 saturated carbocycles. The number of ether oxygens (including phenoxy) is 1. The highest BCUT2D eigenvalue weighted by molar-refractivity contribution is 5.68. The van der Waals surface area contributed by atoms with Gasteiger partial charge in [0.2, 0.25) is 11.7 Å². The van der Waals surface area contributed by atoms with Gasteiger partial charge in [-0.2, -0.15) is 9.50 Å². The van der Waals surface area contributed by atoms with Crippen LogP contribution in [-0.2, 0) is 0 Å². The van der Waals surface area contributed by atoms with E-state index in [-0.39, 0.29) is 17.4 Å². The van der Waals surface area contributed by atoms with Gasteiger partial charge in [0.05, 0.1) is 7.11 Å². The number of H-pyrrole nitrogens is 1. The quantitative estimate of drug-likeness (QED) is 0.726. The van der Waals surface area contributed by atoms with Gasteiger partial charge in [-0.15, -0.1) is 5.10 Å². The van der Waals surface area contributed by atoms with Crippen molar-refractivity contribution in [3.05, 3.63) is 40.4 Å². The standard InChI is InChI=1S/C12H9FN4O3/c1-20-12-15-11-14-9(18)8(10(19)17(11)16-12)6-2-4-7(13)5-3-6/h2-5,19H,1H3,(H,14,15,16,18). The van der Waals surface area contributed by atoms with E-state index in [1.807, 2.05) is 0 Å². The average molecular weight is 276 g/mol. The van der Waals surface area contributed by atoms with Gasteiger partial charge < -0.3 is 9.84 Å². The van der Waals surface area contributed by atoms with Crippen LogP contribution in [0.1, 0.15) is 0 Å². The highest BCUT2D eigenvalue weighted by Crippen LogP contribution is 2.25. The Bertz CT molecular complexity index is 838. The second-order valence-electron chi connectivity index (χ2n) is 3.99. The highest BCUT2D eigenvalue weighted by atomic mass is 19.1. The van der Waals surface area contributed by atoms with E-state index in [0.29, 0.717) is 5.56 Å². The van der Waals surface area contributed by atoms with Crippen LogP contribution in [-0.4, -0.2) is 31.8 Å². The van der Waals surface area contributed by atoms with E-state index in [4.69, 9.17) is 4.74 Å². The zero-order chi connectivity index (χ0) is 14.3. The molecule has 3 rings (SSSR count). The Kier molecular flexibility index (Phi) is 2.63. The van der Waals surface area contributed by atoms with Crippen molar-refractivity contribution in [2.75, 3.05) is 7.11 Å². The molecule has 0 aliphatic rings. The van der Waals surface area contributed by atoms with Crippen molar-refractivity contribution < 1.29 is 14.2 Å². The summed E-state index contributed by atoms with van der Waals surface area (Å²) in [4.78, 5) is 18.3. The fourth-order valence-electron chi connectivity index (χ4n) is 1.86. The van der Waals surface area contributed by atoms with E-state index in [1.54, 1.807) is 0 Å². The molecule has 0 saturated heterocycles. The fourth-order valence-corrected chi connectivity index (χ4v) is 1.86. The number of aromatic nitrogens is 4. The minimum Gasteiger partial charge on any atom is -0.493 e. The Morgan fingerprint density at radius 2 is 2.05 bits per heavy atom. The molecule has 0 bridgehead atoms. The molecule has 2 aromatic heterocycles. The van der Waals surface area contributed by atoms with Gasteiger partial charge in [0.15, 0.2) is 0 Å². The molecule has 0 aliphatic carbocycles. The molecule has 0 fully saturated rings. The van der Waals surface area contributed by atoms with E-state index >= 15 is 0 Å². The van der Waals surface area contributed by atoms with Gasteiger partial charge in [0, 0.05) is 0 Å². The van der Waals surface area contributed by atoms with Crippen LogP contribution in [0.15, 0.2) is 29.1 Å². The van der Waals surface area contributed by atoms with E-state index in [2.05, 4.69) is 15.1 Å². The summed E-state index contributed by atoms with van der Waals surface area (Å²) in [5, 5.41) is 14.0. The predicted molar refractivity (Wildman–Crippen MR) is 67.2 cm³/mol. The Morgan fingerprint density at radius 3 is 2.70 bits per heavy atom. The molecular formula is C12H9FN4O3. The number of hydrogen-bond donors (Lipinski definition) is 2. The van der Waals surface area contributed by atoms with E-state index in [9.17, 15) is 14.3 Å². The lowest BCUT2D eigenvalue weighted by atomic mass is 10.1. The van der Waals surface area contributed by atoms with Crippen molar-refractivity contribution in [3.63, 3.8) is 0 Å². The number of aromatic amines is 1. The van der Waals surface area contributed by atoms with Crippen molar-refractivity contribution in [3.8, 4) is 23.0 Å². The van der Waals surface area contributed by atoms with E-state index in [0.717, 1.165) is 4.52 Å². The number of nitrogens with one attached hydrogen (secondary N) is 1. The van der Waals surface area contributed by atoms with Crippen LogP contribution >= 0.6 is 0 Å². The van der Waals surface area contributed by atoms with E-state index in [1.165, 1.54) is 31.4 Å². The zero-order valence-electron chi connectivity index (χ0n) is 10.3. The van der Waals surface area contributed by atoms with Crippen LogP contribution in [0.4, 0.5) is 4.39 Å². The third kappa shape index (κ3) is 1.78. The molecule has 0 atom stereocenters. The monoisotopic (exact) mass is 276 g/mol. The highest BCUT2D eigenvalue weighted by Gasteiger charge is 2.17. The maximum Gasteiger partial charge on any atom is 0.337 e. The van der Waals surface area contributed by atoms with E-state index < -0.39 is 17.3 Å². The molecule has 0 unspecified atom stereocenters. The number of benzene rings is 1. The summed E-state index contributed by atoms with van der Waals surface area (Å²) in [5.41, 5.74) is -0.219. The normalized spacial score (nSPS) is 10.9. The van der Waals surface area contributed by atoms with Crippen molar-refractivity contribution in [1.82, 2.24) is 19.6 Å². The van der Waals surface area contributed by atoms with Gasteiger partial charge in [0.1, 0.15) is 11.4 Å². The predicted octanol–water partition coefficient (Wildman–Crippen LogP) is 0.938. The van der Waals surface area contributed by atoms with Crippen LogP contribution in [0.2, 0.25) is 0 Å². The summed E-state index contributed by atoms with van der Waals surface area (Å²) in [6.45, 7) is 0. The number of aromatic hydroxyl groups is 1. The Morgan fingerprint density at radius 1 is 1.35 bits per heavy atom. The second kappa shape index (κ2) is 4.34. The summed E-state index contributed by atoms with van der Waals surface area (Å²) < 4.78 is 18.8. The van der Waals surface area contributed by atoms with Crippen LogP contribution in [0.5, 0.6) is 11.9 Å². The maximum absolute atomic E-state index is 12.9. The number of hydrogen-bond acceptors (Lipinski definition) is 5. The number of nitrogens with zero attached hydrogens (tertiary/aromatic N) is 3. The molecule has 0 spiro atoms. The first kappa shape index (κ1) is 12.2. The summed E-state index contributed by atoms with van der Waals surface area (Å²) in [5.74, 6) is -0.783. The Hall–Kier alpha value is -2.90. The minimum absolute atomic E-state index is 0.00667. The number of methoxy groups -OCH3 is 1. The first-order valence-corrected chi connectivity index (χ1v) is 5.62. The number of halogens is 1. The van der Waals surface area contributed by atoms with Gasteiger partial charge >= 0.3 is 6.01 Å². The average Bonchev–Trinajstić information content (AvgIpc) is 2.84. The summed E-state index contributed by atoms with van der Waals surface area (Å²) in [7, 11) is 1.37. The van der Waals surface area contributed by atoms with Gasteiger partial charge in [-0.3, -0.25) is 9.78 Å².